The maximum absolute atomic E-state index is 10.7. The Morgan fingerprint density at radius 2 is 2.15 bits per heavy atom. The highest BCUT2D eigenvalue weighted by Gasteiger charge is 2.10. The van der Waals surface area contributed by atoms with Crippen LogP contribution in [0.3, 0.4) is 0 Å². The molecule has 13 heavy (non-hydrogen) atoms. The van der Waals surface area contributed by atoms with Gasteiger partial charge in [-0.05, 0) is 19.4 Å². The molecule has 0 aromatic rings. The predicted octanol–water partition coefficient (Wildman–Crippen LogP) is -0.295. The van der Waals surface area contributed by atoms with Gasteiger partial charge in [0.15, 0.2) is 0 Å². The van der Waals surface area contributed by atoms with Gasteiger partial charge in [-0.15, -0.1) is 0 Å². The van der Waals surface area contributed by atoms with Gasteiger partial charge in [0, 0.05) is 6.42 Å². The van der Waals surface area contributed by atoms with Crippen LogP contribution in [0.5, 0.6) is 0 Å². The third-order valence-electron chi connectivity index (χ3n) is 1.71. The molecule has 1 amide bonds. The molecule has 0 bridgehead atoms. The third-order valence-corrected chi connectivity index (χ3v) is 1.71. The van der Waals surface area contributed by atoms with Crippen molar-refractivity contribution in [2.75, 3.05) is 6.54 Å². The second kappa shape index (κ2) is 6.42. The molecule has 0 heterocycles. The van der Waals surface area contributed by atoms with Gasteiger partial charge < -0.3 is 16.2 Å². The monoisotopic (exact) mass is 188 g/mol. The molecule has 0 aliphatic rings. The molecule has 0 spiro atoms. The fourth-order valence-electron chi connectivity index (χ4n) is 0.962. The number of carbonyl (C=O) groups is 2. The number of carbonyl (C=O) groups excluding carboxylic acids is 1. The predicted molar refractivity (Wildman–Crippen MR) is 48.1 cm³/mol. The second-order valence-corrected chi connectivity index (χ2v) is 2.81. The first-order valence-electron chi connectivity index (χ1n) is 4.32. The molecule has 1 atom stereocenters. The minimum atomic E-state index is -0.825. The van der Waals surface area contributed by atoms with Crippen molar-refractivity contribution in [3.63, 3.8) is 0 Å². The number of nitrogens with one attached hydrogen (secondary N) is 1. The summed E-state index contributed by atoms with van der Waals surface area (Å²) in [6.07, 6.45) is 1.25. The fraction of sp³-hybridized carbons (Fsp3) is 0.750. The molecule has 1 unspecified atom stereocenters. The molecule has 76 valence electrons. The zero-order chi connectivity index (χ0) is 10.3. The number of rotatable bonds is 7. The van der Waals surface area contributed by atoms with E-state index in [1.54, 1.807) is 0 Å². The average molecular weight is 188 g/mol. The Morgan fingerprint density at radius 1 is 1.54 bits per heavy atom. The van der Waals surface area contributed by atoms with Gasteiger partial charge in [-0.3, -0.25) is 9.59 Å². The number of hydrogen-bond acceptors (Lipinski definition) is 3. The summed E-state index contributed by atoms with van der Waals surface area (Å²) in [6.45, 7) is 2.35. The first-order valence-corrected chi connectivity index (χ1v) is 4.32. The highest BCUT2D eigenvalue weighted by atomic mass is 16.4. The number of carboxylic acid groups (broad SMARTS) is 1. The van der Waals surface area contributed by atoms with Crippen LogP contribution >= 0.6 is 0 Å². The van der Waals surface area contributed by atoms with Crippen molar-refractivity contribution in [2.45, 2.75) is 32.2 Å². The molecule has 4 N–H and O–H groups in total. The Balaban J connectivity index is 3.50. The topological polar surface area (TPSA) is 92.4 Å². The van der Waals surface area contributed by atoms with Crippen LogP contribution in [-0.2, 0) is 9.59 Å². The first-order chi connectivity index (χ1) is 6.07. The van der Waals surface area contributed by atoms with Crippen molar-refractivity contribution in [3.05, 3.63) is 0 Å². The van der Waals surface area contributed by atoms with E-state index in [0.29, 0.717) is 19.4 Å². The fourth-order valence-corrected chi connectivity index (χ4v) is 0.962. The summed E-state index contributed by atoms with van der Waals surface area (Å²) in [7, 11) is 0. The summed E-state index contributed by atoms with van der Waals surface area (Å²) in [6, 6.07) is -0.339. The standard InChI is InChI=1S/C8H16N2O3/c1-2-6(8(9)13)10-5-3-4-7(11)12/h6,10H,2-5H2,1H3,(H2,9,13)(H,11,12). The van der Waals surface area contributed by atoms with Crippen LogP contribution in [0.15, 0.2) is 0 Å². The van der Waals surface area contributed by atoms with Gasteiger partial charge >= 0.3 is 5.97 Å². The smallest absolute Gasteiger partial charge is 0.303 e. The summed E-state index contributed by atoms with van der Waals surface area (Å²) in [5, 5.41) is 11.2. The van der Waals surface area contributed by atoms with Gasteiger partial charge in [0.1, 0.15) is 0 Å². The summed E-state index contributed by atoms with van der Waals surface area (Å²) in [5.41, 5.74) is 5.07. The van der Waals surface area contributed by atoms with Crippen molar-refractivity contribution in [1.82, 2.24) is 5.32 Å². The Labute approximate surface area is 77.3 Å². The summed E-state index contributed by atoms with van der Waals surface area (Å²) < 4.78 is 0. The van der Waals surface area contributed by atoms with Gasteiger partial charge in [0.2, 0.25) is 5.91 Å². The number of hydrogen-bond donors (Lipinski definition) is 3. The maximum atomic E-state index is 10.7. The van der Waals surface area contributed by atoms with Crippen LogP contribution < -0.4 is 11.1 Å². The zero-order valence-electron chi connectivity index (χ0n) is 7.75. The minimum Gasteiger partial charge on any atom is -0.481 e. The van der Waals surface area contributed by atoms with Crippen LogP contribution in [0.2, 0.25) is 0 Å². The van der Waals surface area contributed by atoms with Gasteiger partial charge in [-0.1, -0.05) is 6.92 Å². The molecule has 0 fully saturated rings. The summed E-state index contributed by atoms with van der Waals surface area (Å²) in [4.78, 5) is 20.8. The number of primary amides is 1. The largest absolute Gasteiger partial charge is 0.481 e. The van der Waals surface area contributed by atoms with Crippen molar-refractivity contribution in [1.29, 1.82) is 0 Å². The molecule has 5 nitrogen and oxygen atoms in total. The van der Waals surface area contributed by atoms with E-state index in [9.17, 15) is 9.59 Å². The van der Waals surface area contributed by atoms with Crippen LogP contribution in [0, 0.1) is 0 Å². The highest BCUT2D eigenvalue weighted by molar-refractivity contribution is 5.79. The van der Waals surface area contributed by atoms with Crippen molar-refractivity contribution in [2.24, 2.45) is 5.73 Å². The minimum absolute atomic E-state index is 0.113. The van der Waals surface area contributed by atoms with E-state index in [-0.39, 0.29) is 12.5 Å². The lowest BCUT2D eigenvalue weighted by Crippen LogP contribution is -2.41. The van der Waals surface area contributed by atoms with Crippen LogP contribution in [-0.4, -0.2) is 29.6 Å². The molecule has 0 aliphatic heterocycles. The van der Waals surface area contributed by atoms with E-state index >= 15 is 0 Å². The van der Waals surface area contributed by atoms with Gasteiger partial charge in [0.25, 0.3) is 0 Å². The number of aliphatic carboxylic acids is 1. The Kier molecular flexibility index (Phi) is 5.88. The van der Waals surface area contributed by atoms with E-state index in [1.807, 2.05) is 6.92 Å². The Morgan fingerprint density at radius 3 is 2.54 bits per heavy atom. The van der Waals surface area contributed by atoms with E-state index in [4.69, 9.17) is 10.8 Å². The second-order valence-electron chi connectivity index (χ2n) is 2.81. The molecule has 5 heteroatoms. The summed E-state index contributed by atoms with van der Waals surface area (Å²) in [5.74, 6) is -1.22. The lowest BCUT2D eigenvalue weighted by atomic mass is 10.2. The van der Waals surface area contributed by atoms with Crippen molar-refractivity contribution in [3.8, 4) is 0 Å². The van der Waals surface area contributed by atoms with Gasteiger partial charge in [-0.25, -0.2) is 0 Å². The molecule has 0 aliphatic carbocycles. The van der Waals surface area contributed by atoms with E-state index in [2.05, 4.69) is 5.32 Å². The molecule has 0 saturated heterocycles. The lowest BCUT2D eigenvalue weighted by molar-refractivity contribution is -0.137. The van der Waals surface area contributed by atoms with E-state index in [0.717, 1.165) is 0 Å². The molecule has 0 aromatic heterocycles. The van der Waals surface area contributed by atoms with Crippen molar-refractivity contribution < 1.29 is 14.7 Å². The molecular formula is C8H16N2O3. The molecule has 0 saturated carbocycles. The van der Waals surface area contributed by atoms with E-state index < -0.39 is 11.9 Å². The lowest BCUT2D eigenvalue weighted by Gasteiger charge is -2.11. The van der Waals surface area contributed by atoms with Crippen LogP contribution in [0.25, 0.3) is 0 Å². The highest BCUT2D eigenvalue weighted by Crippen LogP contribution is 1.91. The average Bonchev–Trinajstić information content (AvgIpc) is 2.03. The van der Waals surface area contributed by atoms with Crippen molar-refractivity contribution >= 4 is 11.9 Å². The van der Waals surface area contributed by atoms with E-state index in [1.165, 1.54) is 0 Å². The number of carboxylic acids is 1. The molecule has 0 rings (SSSR count). The Bertz CT molecular complexity index is 182. The van der Waals surface area contributed by atoms with Crippen LogP contribution in [0.4, 0.5) is 0 Å². The third kappa shape index (κ3) is 6.10. The molecular weight excluding hydrogens is 172 g/mol. The SMILES string of the molecule is CCC(NCCCC(=O)O)C(N)=O. The van der Waals surface area contributed by atoms with Gasteiger partial charge in [0.05, 0.1) is 6.04 Å². The molecule has 0 radical (unpaired) electrons. The first kappa shape index (κ1) is 11.9. The maximum Gasteiger partial charge on any atom is 0.303 e. The Hall–Kier alpha value is -1.10. The quantitative estimate of drug-likeness (QED) is 0.478. The number of nitrogens with two attached hydrogens (primary N) is 1. The van der Waals surface area contributed by atoms with Gasteiger partial charge in [-0.2, -0.15) is 0 Å². The normalized spacial score (nSPS) is 12.4. The number of amides is 1. The van der Waals surface area contributed by atoms with Crippen LogP contribution in [0.1, 0.15) is 26.2 Å². The molecule has 0 aromatic carbocycles. The zero-order valence-corrected chi connectivity index (χ0v) is 7.75. The summed E-state index contributed by atoms with van der Waals surface area (Å²) >= 11 is 0.